The highest BCUT2D eigenvalue weighted by atomic mass is 16.5. The molecule has 1 atom stereocenters. The van der Waals surface area contributed by atoms with Gasteiger partial charge in [0.15, 0.2) is 0 Å². The van der Waals surface area contributed by atoms with Crippen LogP contribution in [0.25, 0.3) is 0 Å². The summed E-state index contributed by atoms with van der Waals surface area (Å²) in [6.45, 7) is 2.75. The van der Waals surface area contributed by atoms with E-state index in [1.807, 2.05) is 43.3 Å². The van der Waals surface area contributed by atoms with Crippen LogP contribution in [-0.4, -0.2) is 12.7 Å². The minimum Gasteiger partial charge on any atom is -0.366 e. The largest absolute Gasteiger partial charge is 0.366 e. The van der Waals surface area contributed by atoms with E-state index in [0.717, 1.165) is 25.0 Å². The van der Waals surface area contributed by atoms with Crippen LogP contribution in [0.15, 0.2) is 60.7 Å². The number of hydrogen-bond donors (Lipinski definition) is 0. The first-order valence-corrected chi connectivity index (χ1v) is 7.07. The van der Waals surface area contributed by atoms with Gasteiger partial charge in [0, 0.05) is 12.2 Å². The quantitative estimate of drug-likeness (QED) is 0.584. The second kappa shape index (κ2) is 8.19. The predicted molar refractivity (Wildman–Crippen MR) is 83.5 cm³/mol. The topological polar surface area (TPSA) is 9.23 Å². The minimum absolute atomic E-state index is 0.0222. The molecular weight excluding hydrogens is 244 g/mol. The van der Waals surface area contributed by atoms with Crippen molar-refractivity contribution in [1.82, 2.24) is 0 Å². The fraction of sp³-hybridized carbons (Fsp3) is 0.263. The van der Waals surface area contributed by atoms with E-state index in [1.165, 1.54) is 5.56 Å². The van der Waals surface area contributed by atoms with Gasteiger partial charge in [-0.05, 0) is 37.5 Å². The van der Waals surface area contributed by atoms with Gasteiger partial charge >= 0.3 is 0 Å². The lowest BCUT2D eigenvalue weighted by molar-refractivity contribution is 0.102. The molecule has 0 saturated carbocycles. The smallest absolute Gasteiger partial charge is 0.115 e. The second-order valence-corrected chi connectivity index (χ2v) is 4.74. The first kappa shape index (κ1) is 14.4. The molecule has 2 aromatic rings. The van der Waals surface area contributed by atoms with Gasteiger partial charge in [-0.2, -0.15) is 0 Å². The number of rotatable bonds is 5. The molecule has 1 heteroatoms. The molecule has 0 bridgehead atoms. The molecule has 2 rings (SSSR count). The Morgan fingerprint density at radius 1 is 0.950 bits per heavy atom. The van der Waals surface area contributed by atoms with Gasteiger partial charge in [-0.15, -0.1) is 0 Å². The average Bonchev–Trinajstić information content (AvgIpc) is 2.52. The van der Waals surface area contributed by atoms with E-state index in [9.17, 15) is 0 Å². The zero-order valence-electron chi connectivity index (χ0n) is 11.9. The Labute approximate surface area is 121 Å². The molecule has 20 heavy (non-hydrogen) atoms. The highest BCUT2D eigenvalue weighted by molar-refractivity contribution is 5.34. The first-order valence-electron chi connectivity index (χ1n) is 7.07. The Morgan fingerprint density at radius 2 is 1.60 bits per heavy atom. The molecule has 0 amide bonds. The molecule has 0 heterocycles. The van der Waals surface area contributed by atoms with Gasteiger partial charge in [-0.1, -0.05) is 60.4 Å². The van der Waals surface area contributed by atoms with Crippen LogP contribution in [0.3, 0.4) is 0 Å². The zero-order valence-corrected chi connectivity index (χ0v) is 11.9. The Hall–Kier alpha value is -2.04. The average molecular weight is 264 g/mol. The first-order chi connectivity index (χ1) is 9.84. The molecule has 0 saturated heterocycles. The van der Waals surface area contributed by atoms with Crippen molar-refractivity contribution in [2.75, 3.05) is 6.61 Å². The molecule has 0 aliphatic carbocycles. The van der Waals surface area contributed by atoms with Gasteiger partial charge in [0.25, 0.3) is 0 Å². The van der Waals surface area contributed by atoms with Gasteiger partial charge in [0.2, 0.25) is 0 Å². The van der Waals surface area contributed by atoms with E-state index in [2.05, 4.69) is 36.1 Å². The summed E-state index contributed by atoms with van der Waals surface area (Å²) < 4.78 is 5.71. The second-order valence-electron chi connectivity index (χ2n) is 4.74. The van der Waals surface area contributed by atoms with E-state index in [-0.39, 0.29) is 6.10 Å². The summed E-state index contributed by atoms with van der Waals surface area (Å²) in [7, 11) is 0. The number of ether oxygens (including phenoxy) is 1. The molecule has 0 radical (unpaired) electrons. The summed E-state index contributed by atoms with van der Waals surface area (Å²) in [5.74, 6) is 6.25. The van der Waals surface area contributed by atoms with Crippen LogP contribution in [-0.2, 0) is 11.2 Å². The van der Waals surface area contributed by atoms with Gasteiger partial charge in [0.1, 0.15) is 6.10 Å². The molecule has 1 nitrogen and oxygen atoms in total. The van der Waals surface area contributed by atoms with Crippen molar-refractivity contribution in [3.05, 3.63) is 71.8 Å². The van der Waals surface area contributed by atoms with E-state index >= 15 is 0 Å². The van der Waals surface area contributed by atoms with Crippen LogP contribution in [0.1, 0.15) is 24.5 Å². The van der Waals surface area contributed by atoms with Crippen molar-refractivity contribution in [2.45, 2.75) is 25.9 Å². The normalized spacial score (nSPS) is 11.4. The third-order valence-electron chi connectivity index (χ3n) is 3.01. The molecule has 0 aliphatic heterocycles. The van der Waals surface area contributed by atoms with Crippen molar-refractivity contribution in [3.63, 3.8) is 0 Å². The molecule has 1 unspecified atom stereocenters. The fourth-order valence-corrected chi connectivity index (χ4v) is 1.93. The summed E-state index contributed by atoms with van der Waals surface area (Å²) in [5, 5.41) is 0. The summed E-state index contributed by atoms with van der Waals surface area (Å²) in [6.07, 6.45) is 2.06. The van der Waals surface area contributed by atoms with Crippen molar-refractivity contribution < 1.29 is 4.74 Å². The summed E-state index contributed by atoms with van der Waals surface area (Å²) in [5.41, 5.74) is 2.39. The summed E-state index contributed by atoms with van der Waals surface area (Å²) in [6, 6.07) is 20.5. The van der Waals surface area contributed by atoms with Gasteiger partial charge in [-0.3, -0.25) is 0 Å². The summed E-state index contributed by atoms with van der Waals surface area (Å²) >= 11 is 0. The van der Waals surface area contributed by atoms with Crippen LogP contribution < -0.4 is 0 Å². The lowest BCUT2D eigenvalue weighted by atomic mass is 10.1. The fourth-order valence-electron chi connectivity index (χ4n) is 1.93. The van der Waals surface area contributed by atoms with Crippen LogP contribution in [0.4, 0.5) is 0 Å². The van der Waals surface area contributed by atoms with Crippen molar-refractivity contribution in [1.29, 1.82) is 0 Å². The number of hydrogen-bond acceptors (Lipinski definition) is 1. The monoisotopic (exact) mass is 264 g/mol. The molecule has 102 valence electrons. The minimum atomic E-state index is -0.0222. The van der Waals surface area contributed by atoms with E-state index in [0.29, 0.717) is 0 Å². The van der Waals surface area contributed by atoms with Crippen LogP contribution in [0.2, 0.25) is 0 Å². The molecule has 0 aliphatic rings. The highest BCUT2D eigenvalue weighted by Gasteiger charge is 1.97. The van der Waals surface area contributed by atoms with Crippen LogP contribution >= 0.6 is 0 Å². The Balaban J connectivity index is 1.68. The Kier molecular flexibility index (Phi) is 5.89. The van der Waals surface area contributed by atoms with Crippen LogP contribution in [0.5, 0.6) is 0 Å². The van der Waals surface area contributed by atoms with Gasteiger partial charge in [-0.25, -0.2) is 0 Å². The molecule has 0 spiro atoms. The van der Waals surface area contributed by atoms with Crippen molar-refractivity contribution >= 4 is 0 Å². The lowest BCUT2D eigenvalue weighted by Gasteiger charge is -2.06. The Bertz CT molecular complexity index is 549. The van der Waals surface area contributed by atoms with Gasteiger partial charge in [0.05, 0.1) is 0 Å². The third-order valence-corrected chi connectivity index (χ3v) is 3.01. The third kappa shape index (κ3) is 5.30. The maximum atomic E-state index is 5.71. The van der Waals surface area contributed by atoms with Crippen molar-refractivity contribution in [3.8, 4) is 11.8 Å². The standard InChI is InChI=1S/C19H20O/c1-17(14-15-19-11-6-3-7-12-19)20-16-8-13-18-9-4-2-5-10-18/h2-7,9-12,17H,8,13,16H2,1H3. The molecular formula is C19H20O. The molecule has 0 aromatic heterocycles. The highest BCUT2D eigenvalue weighted by Crippen LogP contribution is 2.03. The van der Waals surface area contributed by atoms with E-state index in [1.54, 1.807) is 0 Å². The maximum Gasteiger partial charge on any atom is 0.115 e. The molecule has 0 fully saturated rings. The molecule has 2 aromatic carbocycles. The van der Waals surface area contributed by atoms with Crippen LogP contribution in [0, 0.1) is 11.8 Å². The SMILES string of the molecule is CC(C#Cc1ccccc1)OCCCc1ccccc1. The summed E-state index contributed by atoms with van der Waals surface area (Å²) in [4.78, 5) is 0. The van der Waals surface area contributed by atoms with E-state index < -0.39 is 0 Å². The Morgan fingerprint density at radius 3 is 2.30 bits per heavy atom. The van der Waals surface area contributed by atoms with E-state index in [4.69, 9.17) is 4.74 Å². The predicted octanol–water partition coefficient (Wildman–Crippen LogP) is 4.08. The number of aryl methyl sites for hydroxylation is 1. The zero-order chi connectivity index (χ0) is 14.0. The lowest BCUT2D eigenvalue weighted by Crippen LogP contribution is -2.07. The molecule has 0 N–H and O–H groups in total. The maximum absolute atomic E-state index is 5.71. The van der Waals surface area contributed by atoms with Gasteiger partial charge < -0.3 is 4.74 Å². The van der Waals surface area contributed by atoms with Crippen molar-refractivity contribution in [2.24, 2.45) is 0 Å². The number of benzene rings is 2.